The van der Waals surface area contributed by atoms with Gasteiger partial charge in [-0.15, -0.1) is 0 Å². The van der Waals surface area contributed by atoms with Gasteiger partial charge in [-0.2, -0.15) is 5.10 Å². The number of benzene rings is 1. The van der Waals surface area contributed by atoms with Crippen molar-refractivity contribution in [3.05, 3.63) is 42.2 Å². The van der Waals surface area contributed by atoms with Gasteiger partial charge in [0, 0.05) is 24.5 Å². The fourth-order valence-electron chi connectivity index (χ4n) is 2.88. The number of rotatable bonds is 3. The number of carbonyl (C=O) groups is 1. The molecular formula is C16H20N4O. The highest BCUT2D eigenvalue weighted by Crippen LogP contribution is 2.22. The SMILES string of the molecule is CCC1CCCN1C(=O)c1ccn(-c2ccc(N)cc2)n1. The van der Waals surface area contributed by atoms with Gasteiger partial charge in [0.05, 0.1) is 5.69 Å². The van der Waals surface area contributed by atoms with Gasteiger partial charge in [0.2, 0.25) is 0 Å². The van der Waals surface area contributed by atoms with Gasteiger partial charge in [-0.05, 0) is 49.6 Å². The van der Waals surface area contributed by atoms with E-state index in [-0.39, 0.29) is 5.91 Å². The molecule has 5 nitrogen and oxygen atoms in total. The average molecular weight is 284 g/mol. The number of hydrogen-bond donors (Lipinski definition) is 1. The molecule has 0 spiro atoms. The Morgan fingerprint density at radius 3 is 2.81 bits per heavy atom. The summed E-state index contributed by atoms with van der Waals surface area (Å²) in [6, 6.07) is 9.57. The van der Waals surface area contributed by atoms with Crippen molar-refractivity contribution in [3.8, 4) is 5.69 Å². The van der Waals surface area contributed by atoms with Crippen molar-refractivity contribution >= 4 is 11.6 Å². The molecule has 1 aliphatic heterocycles. The van der Waals surface area contributed by atoms with Crippen LogP contribution in [0.3, 0.4) is 0 Å². The predicted molar refractivity (Wildman–Crippen MR) is 82.3 cm³/mol. The van der Waals surface area contributed by atoms with E-state index >= 15 is 0 Å². The average Bonchev–Trinajstić information content (AvgIpc) is 3.16. The van der Waals surface area contributed by atoms with Crippen molar-refractivity contribution in [2.24, 2.45) is 0 Å². The van der Waals surface area contributed by atoms with Gasteiger partial charge in [0.1, 0.15) is 0 Å². The Morgan fingerprint density at radius 1 is 1.33 bits per heavy atom. The molecule has 5 heteroatoms. The maximum atomic E-state index is 12.5. The maximum absolute atomic E-state index is 12.5. The fraction of sp³-hybridized carbons (Fsp3) is 0.375. The van der Waals surface area contributed by atoms with E-state index in [1.165, 1.54) is 0 Å². The molecule has 2 aromatic rings. The fourth-order valence-corrected chi connectivity index (χ4v) is 2.88. The Balaban J connectivity index is 1.81. The standard InChI is InChI=1S/C16H20N4O/c1-2-13-4-3-10-19(13)16(21)15-9-11-20(18-15)14-7-5-12(17)6-8-14/h5-9,11,13H,2-4,10,17H2,1H3. The molecule has 1 fully saturated rings. The third-order valence-corrected chi connectivity index (χ3v) is 4.08. The molecule has 0 bridgehead atoms. The number of nitrogens with two attached hydrogens (primary N) is 1. The third kappa shape index (κ3) is 2.63. The zero-order valence-corrected chi connectivity index (χ0v) is 12.2. The molecule has 1 saturated heterocycles. The van der Waals surface area contributed by atoms with E-state index in [1.807, 2.05) is 35.4 Å². The zero-order valence-electron chi connectivity index (χ0n) is 12.2. The normalized spacial score (nSPS) is 18.1. The summed E-state index contributed by atoms with van der Waals surface area (Å²) in [7, 11) is 0. The lowest BCUT2D eigenvalue weighted by molar-refractivity contribution is 0.0727. The van der Waals surface area contributed by atoms with E-state index in [0.29, 0.717) is 17.4 Å². The summed E-state index contributed by atoms with van der Waals surface area (Å²) in [5.41, 5.74) is 7.80. The second kappa shape index (κ2) is 5.60. The van der Waals surface area contributed by atoms with E-state index in [9.17, 15) is 4.79 Å². The molecular weight excluding hydrogens is 264 g/mol. The maximum Gasteiger partial charge on any atom is 0.274 e. The number of nitrogens with zero attached hydrogens (tertiary/aromatic N) is 3. The van der Waals surface area contributed by atoms with E-state index < -0.39 is 0 Å². The largest absolute Gasteiger partial charge is 0.399 e. The number of likely N-dealkylation sites (tertiary alicyclic amines) is 1. The van der Waals surface area contributed by atoms with Gasteiger partial charge >= 0.3 is 0 Å². The molecule has 2 heterocycles. The summed E-state index contributed by atoms with van der Waals surface area (Å²) in [5.74, 6) is 0.0357. The van der Waals surface area contributed by atoms with Gasteiger partial charge in [0.15, 0.2) is 5.69 Å². The van der Waals surface area contributed by atoms with Crippen molar-refractivity contribution in [1.29, 1.82) is 0 Å². The van der Waals surface area contributed by atoms with Gasteiger partial charge in [0.25, 0.3) is 5.91 Å². The first-order chi connectivity index (χ1) is 10.2. The minimum Gasteiger partial charge on any atom is -0.399 e. The van der Waals surface area contributed by atoms with E-state index in [1.54, 1.807) is 10.7 Å². The Bertz CT molecular complexity index is 632. The van der Waals surface area contributed by atoms with Crippen molar-refractivity contribution in [1.82, 2.24) is 14.7 Å². The van der Waals surface area contributed by atoms with Crippen molar-refractivity contribution in [3.63, 3.8) is 0 Å². The molecule has 3 rings (SSSR count). The number of carbonyl (C=O) groups excluding carboxylic acids is 1. The van der Waals surface area contributed by atoms with Crippen LogP contribution < -0.4 is 5.73 Å². The van der Waals surface area contributed by atoms with Crippen molar-refractivity contribution in [2.75, 3.05) is 12.3 Å². The summed E-state index contributed by atoms with van der Waals surface area (Å²) in [6.07, 6.45) is 5.00. The van der Waals surface area contributed by atoms with Gasteiger partial charge in [-0.25, -0.2) is 4.68 Å². The first-order valence-electron chi connectivity index (χ1n) is 7.41. The summed E-state index contributed by atoms with van der Waals surface area (Å²) in [5, 5.41) is 4.41. The summed E-state index contributed by atoms with van der Waals surface area (Å²) in [6.45, 7) is 2.97. The van der Waals surface area contributed by atoms with E-state index in [4.69, 9.17) is 5.73 Å². The van der Waals surface area contributed by atoms with Crippen molar-refractivity contribution in [2.45, 2.75) is 32.2 Å². The number of hydrogen-bond acceptors (Lipinski definition) is 3. The number of amides is 1. The lowest BCUT2D eigenvalue weighted by Gasteiger charge is -2.22. The molecule has 110 valence electrons. The van der Waals surface area contributed by atoms with Crippen LogP contribution in [0.2, 0.25) is 0 Å². The van der Waals surface area contributed by atoms with Crippen LogP contribution in [0.25, 0.3) is 5.69 Å². The van der Waals surface area contributed by atoms with Gasteiger partial charge < -0.3 is 10.6 Å². The molecule has 1 atom stereocenters. The lowest BCUT2D eigenvalue weighted by atomic mass is 10.1. The summed E-state index contributed by atoms with van der Waals surface area (Å²) < 4.78 is 1.71. The Labute approximate surface area is 124 Å². The second-order valence-corrected chi connectivity index (χ2v) is 5.44. The van der Waals surface area contributed by atoms with Crippen LogP contribution in [-0.2, 0) is 0 Å². The lowest BCUT2D eigenvalue weighted by Crippen LogP contribution is -2.35. The highest BCUT2D eigenvalue weighted by molar-refractivity contribution is 5.92. The first kappa shape index (κ1) is 13.7. The molecule has 1 aliphatic rings. The third-order valence-electron chi connectivity index (χ3n) is 4.08. The smallest absolute Gasteiger partial charge is 0.274 e. The molecule has 1 unspecified atom stereocenters. The van der Waals surface area contributed by atoms with Crippen LogP contribution in [0, 0.1) is 0 Å². The summed E-state index contributed by atoms with van der Waals surface area (Å²) in [4.78, 5) is 14.5. The van der Waals surface area contributed by atoms with Crippen LogP contribution in [0.15, 0.2) is 36.5 Å². The molecule has 0 aliphatic carbocycles. The molecule has 0 radical (unpaired) electrons. The second-order valence-electron chi connectivity index (χ2n) is 5.44. The molecule has 21 heavy (non-hydrogen) atoms. The minimum absolute atomic E-state index is 0.0357. The first-order valence-corrected chi connectivity index (χ1v) is 7.41. The van der Waals surface area contributed by atoms with E-state index in [2.05, 4.69) is 12.0 Å². The van der Waals surface area contributed by atoms with Crippen LogP contribution in [0.5, 0.6) is 0 Å². The van der Waals surface area contributed by atoms with Crippen molar-refractivity contribution < 1.29 is 4.79 Å². The number of aromatic nitrogens is 2. The summed E-state index contributed by atoms with van der Waals surface area (Å²) >= 11 is 0. The van der Waals surface area contributed by atoms with E-state index in [0.717, 1.165) is 31.5 Å². The topological polar surface area (TPSA) is 64.2 Å². The highest BCUT2D eigenvalue weighted by Gasteiger charge is 2.29. The molecule has 2 N–H and O–H groups in total. The van der Waals surface area contributed by atoms with Crippen LogP contribution >= 0.6 is 0 Å². The monoisotopic (exact) mass is 284 g/mol. The van der Waals surface area contributed by atoms with Crippen LogP contribution in [0.1, 0.15) is 36.7 Å². The Morgan fingerprint density at radius 2 is 2.10 bits per heavy atom. The van der Waals surface area contributed by atoms with Crippen LogP contribution in [0.4, 0.5) is 5.69 Å². The molecule has 1 aromatic carbocycles. The molecule has 1 aromatic heterocycles. The quantitative estimate of drug-likeness (QED) is 0.881. The Hall–Kier alpha value is -2.30. The van der Waals surface area contributed by atoms with Gasteiger partial charge in [-0.3, -0.25) is 4.79 Å². The minimum atomic E-state index is 0.0357. The highest BCUT2D eigenvalue weighted by atomic mass is 16.2. The number of anilines is 1. The predicted octanol–water partition coefficient (Wildman–Crippen LogP) is 2.47. The Kier molecular flexibility index (Phi) is 3.64. The number of nitrogen functional groups attached to an aromatic ring is 1. The zero-order chi connectivity index (χ0) is 14.8. The van der Waals surface area contributed by atoms with Gasteiger partial charge in [-0.1, -0.05) is 6.92 Å². The van der Waals surface area contributed by atoms with Crippen LogP contribution in [-0.4, -0.2) is 33.2 Å². The molecule has 0 saturated carbocycles. The molecule has 1 amide bonds.